The van der Waals surface area contributed by atoms with Gasteiger partial charge in [0.25, 0.3) is 0 Å². The van der Waals surface area contributed by atoms with Crippen molar-refractivity contribution in [2.45, 2.75) is 12.5 Å². The summed E-state index contributed by atoms with van der Waals surface area (Å²) < 4.78 is 11.0. The molecule has 0 aliphatic carbocycles. The molecule has 5 aromatic rings. The number of phenolic OH excluding ortho intramolecular Hbond substituents is 5. The average Bonchev–Trinajstić information content (AvgIpc) is 2.89. The van der Waals surface area contributed by atoms with Gasteiger partial charge >= 0.3 is 0 Å². The second-order valence-electron chi connectivity index (χ2n) is 8.87. The van der Waals surface area contributed by atoms with E-state index in [0.717, 1.165) is 11.6 Å². The van der Waals surface area contributed by atoms with Crippen molar-refractivity contribution in [1.82, 2.24) is 0 Å². The molecule has 9 nitrogen and oxygen atoms in total. The molecule has 0 fully saturated rings. The van der Waals surface area contributed by atoms with Crippen LogP contribution >= 0.6 is 0 Å². The third-order valence-corrected chi connectivity index (χ3v) is 6.19. The van der Waals surface area contributed by atoms with Gasteiger partial charge in [0, 0.05) is 18.2 Å². The van der Waals surface area contributed by atoms with E-state index in [-0.39, 0.29) is 57.7 Å². The molecule has 1 aliphatic rings. The highest BCUT2D eigenvalue weighted by atomic mass is 16.5. The second-order valence-corrected chi connectivity index (χ2v) is 8.87. The van der Waals surface area contributed by atoms with E-state index in [2.05, 4.69) is 0 Å². The number of hydrogen-bond donors (Lipinski definition) is 5. The van der Waals surface area contributed by atoms with Gasteiger partial charge in [0.05, 0.1) is 17.4 Å². The second kappa shape index (κ2) is 10.1. The predicted molar refractivity (Wildman–Crippen MR) is 141 cm³/mol. The van der Waals surface area contributed by atoms with E-state index in [4.69, 9.17) is 9.15 Å². The molecule has 0 unspecified atom stereocenters. The molecule has 196 valence electrons. The van der Waals surface area contributed by atoms with Crippen molar-refractivity contribution < 1.29 is 39.5 Å². The van der Waals surface area contributed by atoms with Crippen molar-refractivity contribution in [2.24, 2.45) is 0 Å². The monoisotopic (exact) mass is 526 g/mol. The van der Waals surface area contributed by atoms with Gasteiger partial charge in [-0.15, -0.1) is 0 Å². The maximum Gasteiger partial charge on any atom is 0.200 e. The first-order valence-corrected chi connectivity index (χ1v) is 11.8. The minimum Gasteiger partial charge on any atom is -0.508 e. The van der Waals surface area contributed by atoms with Crippen molar-refractivity contribution in [1.29, 1.82) is 0 Å². The van der Waals surface area contributed by atoms with Crippen LogP contribution in [0.1, 0.15) is 28.4 Å². The summed E-state index contributed by atoms with van der Waals surface area (Å²) in [6, 6.07) is 19.5. The zero-order valence-electron chi connectivity index (χ0n) is 20.2. The molecular formula is C30H22O9. The number of carbonyl (C=O) groups excluding carboxylic acids is 1. The van der Waals surface area contributed by atoms with Crippen LogP contribution in [-0.4, -0.2) is 31.3 Å². The zero-order chi connectivity index (χ0) is 27.7. The molecule has 9 heteroatoms. The van der Waals surface area contributed by atoms with E-state index >= 15 is 0 Å². The van der Waals surface area contributed by atoms with Crippen molar-refractivity contribution in [3.05, 3.63) is 106 Å². The summed E-state index contributed by atoms with van der Waals surface area (Å²) in [5, 5.41) is 47.4. The molecule has 1 aromatic heterocycles. The number of Topliss-reactive ketones (excluding diaryl/α,β-unsaturated/α-hetero) is 1. The van der Waals surface area contributed by atoms with Crippen LogP contribution in [0.4, 0.5) is 0 Å². The highest BCUT2D eigenvalue weighted by Gasteiger charge is 2.30. The van der Waals surface area contributed by atoms with Gasteiger partial charge < -0.3 is 34.7 Å². The van der Waals surface area contributed by atoms with Gasteiger partial charge in [-0.1, -0.05) is 24.3 Å². The molecule has 6 rings (SSSR count). The first-order valence-electron chi connectivity index (χ1n) is 11.8. The summed E-state index contributed by atoms with van der Waals surface area (Å²) >= 11 is 0. The van der Waals surface area contributed by atoms with Gasteiger partial charge in [0.15, 0.2) is 11.2 Å². The number of ketones is 1. The molecule has 0 bridgehead atoms. The number of rotatable bonds is 2. The zero-order valence-corrected chi connectivity index (χ0v) is 20.2. The van der Waals surface area contributed by atoms with E-state index in [1.165, 1.54) is 54.8 Å². The van der Waals surface area contributed by atoms with Gasteiger partial charge in [-0.2, -0.15) is 0 Å². The highest BCUT2D eigenvalue weighted by Crippen LogP contribution is 2.41. The van der Waals surface area contributed by atoms with Crippen LogP contribution in [0.2, 0.25) is 0 Å². The Morgan fingerprint density at radius 1 is 0.692 bits per heavy atom. The summed E-state index contributed by atoms with van der Waals surface area (Å²) in [4.78, 5) is 24.4. The smallest absolute Gasteiger partial charge is 0.200 e. The Balaban J connectivity index is 0.000000158. The lowest BCUT2D eigenvalue weighted by molar-refractivity contribution is 0.0845. The summed E-state index contributed by atoms with van der Waals surface area (Å²) in [5.74, 6) is -0.216. The molecule has 0 saturated carbocycles. The third kappa shape index (κ3) is 5.19. The van der Waals surface area contributed by atoms with Crippen LogP contribution < -0.4 is 10.2 Å². The Hall–Kier alpha value is -5.44. The van der Waals surface area contributed by atoms with Gasteiger partial charge in [-0.25, -0.2) is 0 Å². The highest BCUT2D eigenvalue weighted by molar-refractivity contribution is 6.02. The first kappa shape index (κ1) is 25.2. The summed E-state index contributed by atoms with van der Waals surface area (Å²) in [7, 11) is 0. The minimum atomic E-state index is -0.503. The maximum atomic E-state index is 12.3. The summed E-state index contributed by atoms with van der Waals surface area (Å²) in [6.45, 7) is 0. The largest absolute Gasteiger partial charge is 0.508 e. The van der Waals surface area contributed by atoms with E-state index in [0.29, 0.717) is 22.1 Å². The maximum absolute atomic E-state index is 12.3. The van der Waals surface area contributed by atoms with E-state index in [1.54, 1.807) is 24.3 Å². The number of phenols is 5. The van der Waals surface area contributed by atoms with Gasteiger partial charge in [0.1, 0.15) is 58.0 Å². The Kier molecular flexibility index (Phi) is 6.56. The average molecular weight is 526 g/mol. The van der Waals surface area contributed by atoms with E-state index < -0.39 is 6.10 Å². The number of ether oxygens (including phenoxy) is 1. The van der Waals surface area contributed by atoms with Crippen molar-refractivity contribution in [3.63, 3.8) is 0 Å². The first-order chi connectivity index (χ1) is 18.7. The summed E-state index contributed by atoms with van der Waals surface area (Å²) in [6.07, 6.45) is 0.948. The molecule has 1 aliphatic heterocycles. The Labute approximate surface area is 221 Å². The molecule has 1 atom stereocenters. The fraction of sp³-hybridized carbons (Fsp3) is 0.0667. The lowest BCUT2D eigenvalue weighted by Crippen LogP contribution is -2.20. The SMILES string of the molecule is O=C1C[C@@H](c2ccc(O)cc2)Oc2cc(O)cc(O)c21.O=c1c(-c2ccc(O)cc2)coc2cc(O)ccc12. The molecule has 2 heterocycles. The van der Waals surface area contributed by atoms with Crippen molar-refractivity contribution in [2.75, 3.05) is 0 Å². The van der Waals surface area contributed by atoms with E-state index in [9.17, 15) is 35.1 Å². The van der Waals surface area contributed by atoms with Crippen LogP contribution in [0.15, 0.2) is 94.3 Å². The normalized spacial score (nSPS) is 14.2. The fourth-order valence-corrected chi connectivity index (χ4v) is 4.26. The number of aromatic hydroxyl groups is 5. The van der Waals surface area contributed by atoms with Crippen LogP contribution in [0.3, 0.4) is 0 Å². The lowest BCUT2D eigenvalue weighted by atomic mass is 9.95. The Morgan fingerprint density at radius 3 is 2.03 bits per heavy atom. The molecule has 0 saturated heterocycles. The van der Waals surface area contributed by atoms with Crippen molar-refractivity contribution >= 4 is 16.8 Å². The van der Waals surface area contributed by atoms with Crippen LogP contribution in [0.25, 0.3) is 22.1 Å². The van der Waals surface area contributed by atoms with Gasteiger partial charge in [-0.3, -0.25) is 9.59 Å². The lowest BCUT2D eigenvalue weighted by Gasteiger charge is -2.26. The number of carbonyl (C=O) groups is 1. The van der Waals surface area contributed by atoms with E-state index in [1.807, 2.05) is 0 Å². The van der Waals surface area contributed by atoms with Crippen LogP contribution in [0, 0.1) is 0 Å². The quantitative estimate of drug-likeness (QED) is 0.204. The van der Waals surface area contributed by atoms with Crippen LogP contribution in [-0.2, 0) is 0 Å². The summed E-state index contributed by atoms with van der Waals surface area (Å²) in [5.41, 5.74) is 2.08. The minimum absolute atomic E-state index is 0.0491. The number of hydrogen-bond acceptors (Lipinski definition) is 9. The predicted octanol–water partition coefficient (Wildman–Crippen LogP) is 5.38. The standard InChI is InChI=1S/C15H12O5.C15H10O4/c16-9-3-1-8(2-4-9)13-7-12(19)15-11(18)5-10(17)6-14(15)20-13;16-10-3-1-9(2-4-10)13-8-19-14-7-11(17)5-6-12(14)15(13)18/h1-6,13,16-18H,7H2;1-8,16-17H/t13-;/m0./s1. The molecule has 39 heavy (non-hydrogen) atoms. The molecule has 5 N–H and O–H groups in total. The number of benzene rings is 4. The molecular weight excluding hydrogens is 504 g/mol. The third-order valence-electron chi connectivity index (χ3n) is 6.19. The Bertz CT molecular complexity index is 1740. The van der Waals surface area contributed by atoms with Gasteiger partial charge in [0.2, 0.25) is 0 Å². The molecule has 0 radical (unpaired) electrons. The van der Waals surface area contributed by atoms with Crippen LogP contribution in [0.5, 0.6) is 34.5 Å². The topological polar surface area (TPSA) is 158 Å². The Morgan fingerprint density at radius 2 is 1.33 bits per heavy atom. The number of fused-ring (bicyclic) bond motifs is 2. The van der Waals surface area contributed by atoms with Gasteiger partial charge in [-0.05, 0) is 47.5 Å². The fourth-order valence-electron chi connectivity index (χ4n) is 4.26. The molecule has 4 aromatic carbocycles. The molecule has 0 spiro atoms. The molecule has 0 amide bonds. The van der Waals surface area contributed by atoms with Crippen molar-refractivity contribution in [3.8, 4) is 45.6 Å².